The van der Waals surface area contributed by atoms with E-state index in [9.17, 15) is 23.8 Å². The van der Waals surface area contributed by atoms with Crippen molar-refractivity contribution in [3.8, 4) is 0 Å². The summed E-state index contributed by atoms with van der Waals surface area (Å²) in [5.41, 5.74) is 4.94. The number of carbonyl (C=O) groups excluding carboxylic acids is 2. The Bertz CT molecular complexity index is 1250. The van der Waals surface area contributed by atoms with E-state index in [1.165, 1.54) is 0 Å². The first-order valence-electron chi connectivity index (χ1n) is 12.5. The first-order valence-corrected chi connectivity index (χ1v) is 14.3. The summed E-state index contributed by atoms with van der Waals surface area (Å²) in [7, 11) is -2.68. The van der Waals surface area contributed by atoms with Crippen LogP contribution in [0.3, 0.4) is 0 Å². The van der Waals surface area contributed by atoms with Crippen molar-refractivity contribution in [2.75, 3.05) is 36.8 Å². The molecule has 4 aliphatic rings. The Labute approximate surface area is 212 Å². The lowest BCUT2D eigenvalue weighted by atomic mass is 9.77. The van der Waals surface area contributed by atoms with Gasteiger partial charge in [0.25, 0.3) is 0 Å². The molecule has 4 heterocycles. The molecule has 0 radical (unpaired) electrons. The molecule has 36 heavy (non-hydrogen) atoms. The van der Waals surface area contributed by atoms with Crippen molar-refractivity contribution in [2.45, 2.75) is 50.2 Å². The van der Waals surface area contributed by atoms with E-state index in [4.69, 9.17) is 4.74 Å². The van der Waals surface area contributed by atoms with Crippen LogP contribution >= 0.6 is 10.6 Å². The average molecular weight is 513 g/mol. The van der Waals surface area contributed by atoms with E-state index in [1.54, 1.807) is 12.1 Å². The Hall–Kier alpha value is -2.43. The minimum Gasteiger partial charge on any atom is -0.457 e. The van der Waals surface area contributed by atoms with Crippen LogP contribution in [0.5, 0.6) is 0 Å². The van der Waals surface area contributed by atoms with Crippen LogP contribution in [-0.2, 0) is 22.6 Å². The molecular formula is C27H32N2O6S. The number of anilines is 1. The van der Waals surface area contributed by atoms with E-state index >= 15 is 0 Å². The molecule has 0 bridgehead atoms. The number of rotatable bonds is 4. The van der Waals surface area contributed by atoms with Crippen LogP contribution < -0.4 is 4.90 Å². The van der Waals surface area contributed by atoms with Gasteiger partial charge in [-0.15, -0.1) is 0 Å². The number of nitrogens with zero attached hydrogens (tertiary/aromatic N) is 2. The maximum atomic E-state index is 13.0. The predicted molar refractivity (Wildman–Crippen MR) is 136 cm³/mol. The summed E-state index contributed by atoms with van der Waals surface area (Å²) < 4.78 is 25.5. The third kappa shape index (κ3) is 3.94. The topological polar surface area (TPSA) is 111 Å². The second kappa shape index (κ2) is 8.56. The highest BCUT2D eigenvalue weighted by molar-refractivity contribution is 8.24. The van der Waals surface area contributed by atoms with Crippen LogP contribution in [0.15, 0.2) is 35.2 Å². The number of hydrogen-bond acceptors (Lipinski definition) is 7. The van der Waals surface area contributed by atoms with E-state index in [0.717, 1.165) is 53.9 Å². The molecule has 2 saturated heterocycles. The van der Waals surface area contributed by atoms with Gasteiger partial charge in [0, 0.05) is 36.5 Å². The predicted octanol–water partition coefficient (Wildman–Crippen LogP) is 3.88. The molecule has 1 atom stereocenters. The van der Waals surface area contributed by atoms with Crippen molar-refractivity contribution >= 4 is 28.2 Å². The van der Waals surface area contributed by atoms with Gasteiger partial charge in [-0.1, -0.05) is 6.07 Å². The number of piperidine rings is 1. The molecule has 1 amide bonds. The number of esters is 1. The van der Waals surface area contributed by atoms with E-state index in [0.29, 0.717) is 42.1 Å². The largest absolute Gasteiger partial charge is 0.457 e. The molecule has 192 valence electrons. The van der Waals surface area contributed by atoms with E-state index in [2.05, 4.69) is 4.90 Å². The number of benzene rings is 2. The number of hydrogen-bond donors (Lipinski definition) is 3. The lowest BCUT2D eigenvalue weighted by molar-refractivity contribution is -0.118. The van der Waals surface area contributed by atoms with Gasteiger partial charge in [0.1, 0.15) is 6.61 Å². The molecule has 0 aromatic heterocycles. The fourth-order valence-corrected chi connectivity index (χ4v) is 7.95. The van der Waals surface area contributed by atoms with Crippen molar-refractivity contribution in [3.63, 3.8) is 0 Å². The first-order chi connectivity index (χ1) is 17.2. The Balaban J connectivity index is 1.10. The molecule has 3 N–H and O–H groups in total. The molecule has 0 unspecified atom stereocenters. The molecule has 6 rings (SSSR count). The number of β-amino-alcohol motifs (C(OH)–C–C–N with tert-alkyl or cyclic N) is 1. The number of ether oxygens (including phenoxy) is 1. The summed E-state index contributed by atoms with van der Waals surface area (Å²) >= 11 is 0. The van der Waals surface area contributed by atoms with Crippen molar-refractivity contribution in [2.24, 2.45) is 5.41 Å². The fourth-order valence-electron chi connectivity index (χ4n) is 6.36. The summed E-state index contributed by atoms with van der Waals surface area (Å²) in [4.78, 5) is 29.6. The maximum absolute atomic E-state index is 13.0. The Morgan fingerprint density at radius 3 is 2.69 bits per heavy atom. The fraction of sp³-hybridized carbons (Fsp3) is 0.481. The molecule has 2 fully saturated rings. The molecule has 2 aromatic rings. The maximum Gasteiger partial charge on any atom is 0.338 e. The van der Waals surface area contributed by atoms with Crippen LogP contribution in [-0.4, -0.2) is 62.9 Å². The third-order valence-electron chi connectivity index (χ3n) is 8.60. The quantitative estimate of drug-likeness (QED) is 0.533. The van der Waals surface area contributed by atoms with Gasteiger partial charge in [-0.3, -0.25) is 13.9 Å². The van der Waals surface area contributed by atoms with Crippen molar-refractivity contribution in [1.29, 1.82) is 0 Å². The van der Waals surface area contributed by atoms with Gasteiger partial charge in [-0.05, 0) is 85.6 Å². The van der Waals surface area contributed by atoms with Crippen LogP contribution in [0.4, 0.5) is 5.69 Å². The summed E-state index contributed by atoms with van der Waals surface area (Å²) in [5, 5.41) is 11.0. The Morgan fingerprint density at radius 2 is 1.92 bits per heavy atom. The molecule has 9 heteroatoms. The zero-order chi connectivity index (χ0) is 25.2. The highest BCUT2D eigenvalue weighted by Gasteiger charge is 2.45. The Kier molecular flexibility index (Phi) is 5.69. The van der Waals surface area contributed by atoms with Gasteiger partial charge >= 0.3 is 5.97 Å². The van der Waals surface area contributed by atoms with Crippen molar-refractivity contribution in [1.82, 2.24) is 4.90 Å². The number of likely N-dealkylation sites (tertiary alicyclic amines) is 1. The van der Waals surface area contributed by atoms with Gasteiger partial charge in [0.15, 0.2) is 0 Å². The normalized spacial score (nSPS) is 24.1. The smallest absolute Gasteiger partial charge is 0.338 e. The second-order valence-corrected chi connectivity index (χ2v) is 12.9. The van der Waals surface area contributed by atoms with Gasteiger partial charge in [-0.25, -0.2) is 4.79 Å². The zero-order valence-electron chi connectivity index (χ0n) is 20.4. The molecule has 0 saturated carbocycles. The molecule has 8 nitrogen and oxygen atoms in total. The molecule has 4 aliphatic heterocycles. The zero-order valence-corrected chi connectivity index (χ0v) is 21.2. The number of amides is 1. The molecular weight excluding hydrogens is 480 g/mol. The summed E-state index contributed by atoms with van der Waals surface area (Å²) in [6.07, 6.45) is 2.27. The highest BCUT2D eigenvalue weighted by Crippen LogP contribution is 2.55. The van der Waals surface area contributed by atoms with Crippen LogP contribution in [0.25, 0.3) is 0 Å². The lowest BCUT2D eigenvalue weighted by Crippen LogP contribution is -2.43. The second-order valence-electron chi connectivity index (χ2n) is 10.8. The first kappa shape index (κ1) is 23.9. The highest BCUT2D eigenvalue weighted by atomic mass is 32.3. The standard InChI is InChI=1S/C27H32N2O6S/c1-17-20(3-4-21-22(17)15-35-26(21)32)23(30)14-28-9-7-27(8-10-28)13-25(31)29(16-27)19-2-5-24-18(12-19)6-11-36(24,33)34/h2-5,12,23,30,33-34H,6-11,13-16H2,1H3/t23-/m0/s1. The van der Waals surface area contributed by atoms with Crippen molar-refractivity contribution < 1.29 is 28.5 Å². The average Bonchev–Trinajstić information content (AvgIpc) is 3.49. The van der Waals surface area contributed by atoms with Crippen LogP contribution in [0.1, 0.15) is 58.0 Å². The minimum absolute atomic E-state index is 0.0678. The third-order valence-corrected chi connectivity index (χ3v) is 10.5. The Morgan fingerprint density at radius 1 is 1.14 bits per heavy atom. The monoisotopic (exact) mass is 512 g/mol. The number of aliphatic hydroxyl groups is 1. The van der Waals surface area contributed by atoms with Crippen LogP contribution in [0.2, 0.25) is 0 Å². The number of carbonyl (C=O) groups is 2. The number of aryl methyl sites for hydroxylation is 1. The van der Waals surface area contributed by atoms with Gasteiger partial charge in [0.2, 0.25) is 5.91 Å². The molecule has 0 aliphatic carbocycles. The van der Waals surface area contributed by atoms with E-state index in [1.807, 2.05) is 30.0 Å². The van der Waals surface area contributed by atoms with Gasteiger partial charge < -0.3 is 19.6 Å². The molecule has 1 spiro atoms. The lowest BCUT2D eigenvalue weighted by Gasteiger charge is -2.39. The van der Waals surface area contributed by atoms with Gasteiger partial charge in [0.05, 0.1) is 16.6 Å². The summed E-state index contributed by atoms with van der Waals surface area (Å²) in [5.74, 6) is 0.187. The van der Waals surface area contributed by atoms with Crippen molar-refractivity contribution in [3.05, 3.63) is 58.1 Å². The number of cyclic esters (lactones) is 1. The van der Waals surface area contributed by atoms with E-state index < -0.39 is 16.7 Å². The number of aliphatic hydroxyl groups excluding tert-OH is 1. The summed E-state index contributed by atoms with van der Waals surface area (Å²) in [6.45, 7) is 5.02. The van der Waals surface area contributed by atoms with Gasteiger partial charge in [-0.2, -0.15) is 10.6 Å². The van der Waals surface area contributed by atoms with E-state index in [-0.39, 0.29) is 23.9 Å². The minimum atomic E-state index is -2.68. The number of fused-ring (bicyclic) bond motifs is 2. The van der Waals surface area contributed by atoms with Crippen LogP contribution in [0, 0.1) is 12.3 Å². The SMILES string of the molecule is Cc1c([C@@H](O)CN2CCC3(CC2)CC(=O)N(c2ccc4c(c2)CCS4(O)O)C3)ccc2c1COC2=O. The molecule has 2 aromatic carbocycles. The summed E-state index contributed by atoms with van der Waals surface area (Å²) in [6, 6.07) is 9.16.